The average molecular weight is 730 g/mol. The number of aromatic nitrogens is 1. The Morgan fingerprint density at radius 1 is 0.351 bits per heavy atom. The summed E-state index contributed by atoms with van der Waals surface area (Å²) in [6, 6.07) is 73.4. The monoisotopic (exact) mass is 729 g/mol. The van der Waals surface area contributed by atoms with Gasteiger partial charge in [0, 0.05) is 45.8 Å². The Bertz CT molecular complexity index is 3250. The maximum atomic E-state index is 6.92. The first-order chi connectivity index (χ1) is 28.2. The molecule has 11 rings (SSSR count). The van der Waals surface area contributed by atoms with Crippen molar-refractivity contribution in [2.24, 2.45) is 0 Å². The fraction of sp³-hybridized carbons (Fsp3) is 0. The van der Waals surface area contributed by atoms with Crippen LogP contribution in [-0.4, -0.2) is 4.98 Å². The van der Waals surface area contributed by atoms with Crippen LogP contribution in [0.1, 0.15) is 0 Å². The molecule has 0 saturated heterocycles. The van der Waals surface area contributed by atoms with E-state index in [0.29, 0.717) is 0 Å². The van der Waals surface area contributed by atoms with Crippen LogP contribution in [0.4, 0.5) is 34.1 Å². The Morgan fingerprint density at radius 3 is 1.61 bits per heavy atom. The fourth-order valence-electron chi connectivity index (χ4n) is 8.26. The smallest absolute Gasteiger partial charge is 0.139 e. The minimum absolute atomic E-state index is 0.793. The van der Waals surface area contributed by atoms with Crippen LogP contribution in [0.3, 0.4) is 0 Å². The molecule has 0 radical (unpaired) electrons. The van der Waals surface area contributed by atoms with Crippen LogP contribution >= 0.6 is 0 Å². The second kappa shape index (κ2) is 13.6. The molecule has 2 heterocycles. The van der Waals surface area contributed by atoms with Gasteiger partial charge in [0.25, 0.3) is 0 Å². The Hall–Kier alpha value is -7.69. The average Bonchev–Trinajstić information content (AvgIpc) is 3.64. The van der Waals surface area contributed by atoms with Crippen molar-refractivity contribution < 1.29 is 4.42 Å². The Labute approximate surface area is 330 Å². The van der Waals surface area contributed by atoms with Gasteiger partial charge in [-0.1, -0.05) is 127 Å². The number of benzene rings is 9. The summed E-state index contributed by atoms with van der Waals surface area (Å²) in [5, 5.41) is 7.82. The van der Waals surface area contributed by atoms with Gasteiger partial charge in [0.15, 0.2) is 0 Å². The van der Waals surface area contributed by atoms with Gasteiger partial charge in [-0.05, 0) is 105 Å². The number of anilines is 6. The van der Waals surface area contributed by atoms with Crippen molar-refractivity contribution in [2.75, 3.05) is 9.80 Å². The molecule has 0 atom stereocenters. The molecule has 0 fully saturated rings. The number of nitrogens with zero attached hydrogens (tertiary/aromatic N) is 3. The third-order valence-corrected chi connectivity index (χ3v) is 11.0. The van der Waals surface area contributed by atoms with Crippen molar-refractivity contribution in [3.8, 4) is 11.1 Å². The quantitative estimate of drug-likeness (QED) is 0.163. The first-order valence-corrected chi connectivity index (χ1v) is 19.3. The van der Waals surface area contributed by atoms with E-state index >= 15 is 0 Å². The minimum atomic E-state index is 0.793. The Morgan fingerprint density at radius 2 is 0.912 bits per heavy atom. The van der Waals surface area contributed by atoms with Gasteiger partial charge in [0.2, 0.25) is 0 Å². The van der Waals surface area contributed by atoms with E-state index < -0.39 is 0 Å². The summed E-state index contributed by atoms with van der Waals surface area (Å²) in [6.45, 7) is 0. The van der Waals surface area contributed by atoms with Gasteiger partial charge in [-0.3, -0.25) is 4.98 Å². The molecular weight excluding hydrogens is 695 g/mol. The zero-order valence-electron chi connectivity index (χ0n) is 31.0. The standard InChI is InChI=1S/C53H35N3O/c1-3-12-36(13-4-1)39-21-25-44(26-22-39)55(45-27-23-37-14-7-9-16-40(37)30-45)47-33-50(53-48-35-49-42(18-11-29-54-49)32-51(48)57-52(53)34-47)56(43-19-5-2-6-20-43)46-28-24-38-15-8-10-17-41(38)31-46/h1-35H. The van der Waals surface area contributed by atoms with Crippen LogP contribution in [-0.2, 0) is 0 Å². The highest BCUT2D eigenvalue weighted by Gasteiger charge is 2.24. The van der Waals surface area contributed by atoms with Gasteiger partial charge >= 0.3 is 0 Å². The van der Waals surface area contributed by atoms with Gasteiger partial charge in [0.05, 0.1) is 22.3 Å². The molecule has 4 heteroatoms. The summed E-state index contributed by atoms with van der Waals surface area (Å²) in [4.78, 5) is 9.47. The molecule has 0 amide bonds. The normalized spacial score (nSPS) is 11.5. The van der Waals surface area contributed by atoms with Crippen LogP contribution < -0.4 is 9.80 Å². The lowest BCUT2D eigenvalue weighted by molar-refractivity contribution is 0.669. The van der Waals surface area contributed by atoms with Gasteiger partial charge in [-0.15, -0.1) is 0 Å². The molecular formula is C53H35N3O. The Kier molecular flexibility index (Phi) is 7.78. The van der Waals surface area contributed by atoms with Gasteiger partial charge in [0.1, 0.15) is 11.2 Å². The molecule has 4 nitrogen and oxygen atoms in total. The number of para-hydroxylation sites is 1. The van der Waals surface area contributed by atoms with E-state index in [-0.39, 0.29) is 0 Å². The summed E-state index contributed by atoms with van der Waals surface area (Å²) in [7, 11) is 0. The molecule has 0 saturated carbocycles. The summed E-state index contributed by atoms with van der Waals surface area (Å²) < 4.78 is 6.92. The number of furan rings is 1. The van der Waals surface area contributed by atoms with E-state index in [1.165, 1.54) is 32.7 Å². The zero-order chi connectivity index (χ0) is 37.7. The molecule has 57 heavy (non-hydrogen) atoms. The summed E-state index contributed by atoms with van der Waals surface area (Å²) >= 11 is 0. The zero-order valence-corrected chi connectivity index (χ0v) is 31.0. The second-order valence-corrected chi connectivity index (χ2v) is 14.5. The van der Waals surface area contributed by atoms with E-state index in [0.717, 1.165) is 67.0 Å². The van der Waals surface area contributed by atoms with Crippen molar-refractivity contribution in [3.05, 3.63) is 212 Å². The van der Waals surface area contributed by atoms with E-state index in [1.807, 2.05) is 12.3 Å². The maximum absolute atomic E-state index is 6.92. The van der Waals surface area contributed by atoms with Crippen molar-refractivity contribution in [1.82, 2.24) is 4.98 Å². The van der Waals surface area contributed by atoms with Crippen LogP contribution in [0, 0.1) is 0 Å². The summed E-state index contributed by atoms with van der Waals surface area (Å²) in [5.74, 6) is 0. The summed E-state index contributed by atoms with van der Waals surface area (Å²) in [5.41, 5.74) is 11.1. The molecule has 0 aliphatic heterocycles. The molecule has 0 N–H and O–H groups in total. The minimum Gasteiger partial charge on any atom is -0.456 e. The number of rotatable bonds is 7. The maximum Gasteiger partial charge on any atom is 0.139 e. The van der Waals surface area contributed by atoms with Crippen molar-refractivity contribution >= 4 is 88.5 Å². The van der Waals surface area contributed by atoms with Crippen molar-refractivity contribution in [3.63, 3.8) is 0 Å². The Balaban J connectivity index is 1.21. The molecule has 9 aromatic carbocycles. The predicted octanol–water partition coefficient (Wildman–Crippen LogP) is 15.0. The highest BCUT2D eigenvalue weighted by Crippen LogP contribution is 2.48. The predicted molar refractivity (Wildman–Crippen MR) is 239 cm³/mol. The number of hydrogen-bond donors (Lipinski definition) is 0. The molecule has 0 unspecified atom stereocenters. The topological polar surface area (TPSA) is 32.5 Å². The highest BCUT2D eigenvalue weighted by molar-refractivity contribution is 6.17. The number of hydrogen-bond acceptors (Lipinski definition) is 4. The summed E-state index contributed by atoms with van der Waals surface area (Å²) in [6.07, 6.45) is 1.85. The van der Waals surface area contributed by atoms with Crippen LogP contribution in [0.2, 0.25) is 0 Å². The third-order valence-electron chi connectivity index (χ3n) is 11.0. The lowest BCUT2D eigenvalue weighted by Gasteiger charge is -2.30. The van der Waals surface area contributed by atoms with E-state index in [2.05, 4.69) is 210 Å². The van der Waals surface area contributed by atoms with Crippen LogP contribution in [0.15, 0.2) is 217 Å². The van der Waals surface area contributed by atoms with Gasteiger partial charge in [-0.2, -0.15) is 0 Å². The van der Waals surface area contributed by atoms with E-state index in [9.17, 15) is 0 Å². The third kappa shape index (κ3) is 5.83. The highest BCUT2D eigenvalue weighted by atomic mass is 16.3. The van der Waals surface area contributed by atoms with E-state index in [4.69, 9.17) is 9.40 Å². The van der Waals surface area contributed by atoms with Crippen LogP contribution in [0.25, 0.3) is 65.5 Å². The lowest BCUT2D eigenvalue weighted by atomic mass is 10.0. The number of fused-ring (bicyclic) bond motifs is 6. The molecule has 0 aliphatic rings. The first kappa shape index (κ1) is 32.7. The van der Waals surface area contributed by atoms with Gasteiger partial charge in [-0.25, -0.2) is 0 Å². The lowest BCUT2D eigenvalue weighted by Crippen LogP contribution is -2.13. The molecule has 2 aromatic heterocycles. The van der Waals surface area contributed by atoms with Crippen LogP contribution in [0.5, 0.6) is 0 Å². The molecule has 0 aliphatic carbocycles. The fourth-order valence-corrected chi connectivity index (χ4v) is 8.26. The largest absolute Gasteiger partial charge is 0.456 e. The molecule has 0 spiro atoms. The first-order valence-electron chi connectivity index (χ1n) is 19.3. The SMILES string of the molecule is c1ccc(-c2ccc(N(c3ccc4ccccc4c3)c3cc(N(c4ccccc4)c4ccc5ccccc5c4)c4c(c3)oc3cc5cccnc5cc34)cc2)cc1. The molecule has 0 bridgehead atoms. The molecule has 268 valence electrons. The van der Waals surface area contributed by atoms with Crippen molar-refractivity contribution in [2.45, 2.75) is 0 Å². The van der Waals surface area contributed by atoms with E-state index in [1.54, 1.807) is 0 Å². The van der Waals surface area contributed by atoms with Crippen molar-refractivity contribution in [1.29, 1.82) is 0 Å². The molecule has 11 aromatic rings. The second-order valence-electron chi connectivity index (χ2n) is 14.5. The van der Waals surface area contributed by atoms with Gasteiger partial charge < -0.3 is 14.2 Å². The number of pyridine rings is 1.